The van der Waals surface area contributed by atoms with Crippen molar-refractivity contribution in [2.45, 2.75) is 19.5 Å². The van der Waals surface area contributed by atoms with Gasteiger partial charge in [-0.05, 0) is 86.3 Å². The van der Waals surface area contributed by atoms with Crippen molar-refractivity contribution in [3.8, 4) is 44.9 Å². The molecule has 0 saturated heterocycles. The molecule has 154 valence electrons. The van der Waals surface area contributed by atoms with Crippen LogP contribution in [0.5, 0.6) is 11.5 Å². The Bertz CT molecular complexity index is 1310. The van der Waals surface area contributed by atoms with Gasteiger partial charge in [0.25, 0.3) is 0 Å². The zero-order valence-electron chi connectivity index (χ0n) is 17.1. The molecule has 0 atom stereocenters. The third kappa shape index (κ3) is 3.17. The van der Waals surface area contributed by atoms with Crippen LogP contribution in [0, 0.1) is 0 Å². The van der Waals surface area contributed by atoms with E-state index in [9.17, 15) is 10.2 Å². The first-order chi connectivity index (χ1) is 15.1. The molecule has 0 aliphatic heterocycles. The van der Waals surface area contributed by atoms with Gasteiger partial charge in [0.1, 0.15) is 11.5 Å². The third-order valence-electron chi connectivity index (χ3n) is 6.17. The van der Waals surface area contributed by atoms with Crippen LogP contribution in [0.1, 0.15) is 22.3 Å². The summed E-state index contributed by atoms with van der Waals surface area (Å²) in [7, 11) is 0. The van der Waals surface area contributed by atoms with Gasteiger partial charge < -0.3 is 21.7 Å². The van der Waals surface area contributed by atoms with Gasteiger partial charge in [0.05, 0.1) is 0 Å². The average molecular weight is 409 g/mol. The summed E-state index contributed by atoms with van der Waals surface area (Å²) >= 11 is 0. The number of hydrogen-bond donors (Lipinski definition) is 4. The van der Waals surface area contributed by atoms with Crippen LogP contribution in [0.15, 0.2) is 72.8 Å². The summed E-state index contributed by atoms with van der Waals surface area (Å²) in [6, 6.07) is 23.3. The molecule has 4 heteroatoms. The first kappa shape index (κ1) is 19.4. The highest BCUT2D eigenvalue weighted by molar-refractivity contribution is 5.95. The summed E-state index contributed by atoms with van der Waals surface area (Å²) in [5, 5.41) is 20.6. The van der Waals surface area contributed by atoms with Crippen LogP contribution in [0.4, 0.5) is 0 Å². The lowest BCUT2D eigenvalue weighted by molar-refractivity contribution is 0.474. The summed E-state index contributed by atoms with van der Waals surface area (Å²) in [6.07, 6.45) is 0.797. The Kier molecular flexibility index (Phi) is 4.74. The summed E-state index contributed by atoms with van der Waals surface area (Å²) in [4.78, 5) is 0. The molecule has 0 aromatic heterocycles. The van der Waals surface area contributed by atoms with E-state index in [1.807, 2.05) is 12.1 Å². The fraction of sp³-hybridized carbons (Fsp3) is 0.111. The third-order valence-corrected chi connectivity index (χ3v) is 6.17. The largest absolute Gasteiger partial charge is 0.508 e. The monoisotopic (exact) mass is 408 g/mol. The number of phenols is 2. The molecule has 31 heavy (non-hydrogen) atoms. The molecule has 0 heterocycles. The molecule has 0 bridgehead atoms. The molecule has 0 spiro atoms. The van der Waals surface area contributed by atoms with E-state index in [1.165, 1.54) is 22.3 Å². The van der Waals surface area contributed by atoms with Crippen molar-refractivity contribution in [2.75, 3.05) is 0 Å². The standard InChI is InChI=1S/C27H24N2O2/c28-14-17-5-7-19(30)12-24(17)23-10-9-22-21-4-2-1-3-16(21)11-26(22)27(23)25-13-20(31)8-6-18(25)15-29/h1-10,12-13,30-31H,11,14-15,28-29H2. The Hall–Kier alpha value is -3.60. The van der Waals surface area contributed by atoms with Crippen molar-refractivity contribution < 1.29 is 10.2 Å². The molecule has 0 saturated carbocycles. The second-order valence-electron chi connectivity index (χ2n) is 7.94. The summed E-state index contributed by atoms with van der Waals surface area (Å²) in [5.74, 6) is 0.387. The topological polar surface area (TPSA) is 92.5 Å². The van der Waals surface area contributed by atoms with Crippen LogP contribution in [-0.2, 0) is 19.5 Å². The first-order valence-corrected chi connectivity index (χ1v) is 10.4. The zero-order valence-corrected chi connectivity index (χ0v) is 17.1. The Morgan fingerprint density at radius 2 is 1.23 bits per heavy atom. The maximum absolute atomic E-state index is 10.3. The van der Waals surface area contributed by atoms with Crippen molar-refractivity contribution in [2.24, 2.45) is 11.5 Å². The van der Waals surface area contributed by atoms with E-state index in [0.29, 0.717) is 13.1 Å². The molecule has 0 fully saturated rings. The zero-order chi connectivity index (χ0) is 21.5. The number of aromatic hydroxyl groups is 2. The van der Waals surface area contributed by atoms with Gasteiger partial charge in [-0.2, -0.15) is 0 Å². The molecular weight excluding hydrogens is 384 g/mol. The molecule has 0 unspecified atom stereocenters. The number of rotatable bonds is 4. The lowest BCUT2D eigenvalue weighted by atomic mass is 9.84. The Labute approximate surface area is 181 Å². The van der Waals surface area contributed by atoms with Gasteiger partial charge >= 0.3 is 0 Å². The van der Waals surface area contributed by atoms with E-state index in [4.69, 9.17) is 11.5 Å². The summed E-state index contributed by atoms with van der Waals surface area (Å²) < 4.78 is 0. The number of benzene rings is 4. The van der Waals surface area contributed by atoms with Crippen LogP contribution in [0.2, 0.25) is 0 Å². The maximum atomic E-state index is 10.3. The van der Waals surface area contributed by atoms with Gasteiger partial charge in [-0.15, -0.1) is 0 Å². The van der Waals surface area contributed by atoms with Crippen LogP contribution >= 0.6 is 0 Å². The molecule has 6 N–H and O–H groups in total. The molecule has 1 aliphatic rings. The second kappa shape index (κ2) is 7.58. The van der Waals surface area contributed by atoms with Gasteiger partial charge in [-0.1, -0.05) is 48.5 Å². The van der Waals surface area contributed by atoms with Crippen molar-refractivity contribution in [3.05, 3.63) is 95.1 Å². The van der Waals surface area contributed by atoms with Crippen molar-refractivity contribution in [1.29, 1.82) is 0 Å². The minimum Gasteiger partial charge on any atom is -0.508 e. The fourth-order valence-electron chi connectivity index (χ4n) is 4.71. The molecule has 5 rings (SSSR count). The van der Waals surface area contributed by atoms with Gasteiger partial charge in [-0.25, -0.2) is 0 Å². The Balaban J connectivity index is 1.87. The van der Waals surface area contributed by atoms with E-state index < -0.39 is 0 Å². The van der Waals surface area contributed by atoms with E-state index in [1.54, 1.807) is 24.3 Å². The highest BCUT2D eigenvalue weighted by atomic mass is 16.3. The predicted octanol–water partition coefficient (Wildman–Crippen LogP) is 4.92. The minimum absolute atomic E-state index is 0.192. The number of hydrogen-bond acceptors (Lipinski definition) is 4. The van der Waals surface area contributed by atoms with Crippen LogP contribution in [-0.4, -0.2) is 10.2 Å². The molecule has 1 aliphatic carbocycles. The van der Waals surface area contributed by atoms with E-state index in [2.05, 4.69) is 36.4 Å². The predicted molar refractivity (Wildman–Crippen MR) is 125 cm³/mol. The molecule has 4 nitrogen and oxygen atoms in total. The highest BCUT2D eigenvalue weighted by Gasteiger charge is 2.26. The number of phenolic OH excluding ortho intramolecular Hbond substituents is 2. The highest BCUT2D eigenvalue weighted by Crippen LogP contribution is 2.48. The molecule has 0 amide bonds. The molecule has 4 aromatic carbocycles. The van der Waals surface area contributed by atoms with E-state index >= 15 is 0 Å². The van der Waals surface area contributed by atoms with Crippen molar-refractivity contribution in [1.82, 2.24) is 0 Å². The Morgan fingerprint density at radius 3 is 1.94 bits per heavy atom. The lowest BCUT2D eigenvalue weighted by Gasteiger charge is -2.20. The maximum Gasteiger partial charge on any atom is 0.116 e. The van der Waals surface area contributed by atoms with Crippen molar-refractivity contribution in [3.63, 3.8) is 0 Å². The SMILES string of the molecule is NCc1ccc(O)cc1-c1ccc2c(c1-c1cc(O)ccc1CN)Cc1ccccc1-2. The van der Waals surface area contributed by atoms with Gasteiger partial charge in [-0.3, -0.25) is 0 Å². The number of nitrogens with two attached hydrogens (primary N) is 2. The normalized spacial score (nSPS) is 11.9. The van der Waals surface area contributed by atoms with E-state index in [0.717, 1.165) is 39.8 Å². The molecule has 4 aromatic rings. The minimum atomic E-state index is 0.192. The van der Waals surface area contributed by atoms with Gasteiger partial charge in [0.2, 0.25) is 0 Å². The first-order valence-electron chi connectivity index (χ1n) is 10.4. The van der Waals surface area contributed by atoms with Crippen LogP contribution in [0.3, 0.4) is 0 Å². The summed E-state index contributed by atoms with van der Waals surface area (Å²) in [6.45, 7) is 0.714. The van der Waals surface area contributed by atoms with E-state index in [-0.39, 0.29) is 11.5 Å². The van der Waals surface area contributed by atoms with Crippen LogP contribution in [0.25, 0.3) is 33.4 Å². The average Bonchev–Trinajstić information content (AvgIpc) is 3.17. The molecular formula is C27H24N2O2. The summed E-state index contributed by atoms with van der Waals surface area (Å²) in [5.41, 5.74) is 22.8. The van der Waals surface area contributed by atoms with Gasteiger partial charge in [0.15, 0.2) is 0 Å². The Morgan fingerprint density at radius 1 is 0.613 bits per heavy atom. The number of fused-ring (bicyclic) bond motifs is 3. The second-order valence-corrected chi connectivity index (χ2v) is 7.94. The smallest absolute Gasteiger partial charge is 0.116 e. The lowest BCUT2D eigenvalue weighted by Crippen LogP contribution is -2.03. The van der Waals surface area contributed by atoms with Gasteiger partial charge in [0, 0.05) is 13.1 Å². The van der Waals surface area contributed by atoms with Crippen LogP contribution < -0.4 is 11.5 Å². The quantitative estimate of drug-likeness (QED) is 0.340. The van der Waals surface area contributed by atoms with Crippen molar-refractivity contribution >= 4 is 0 Å². The fourth-order valence-corrected chi connectivity index (χ4v) is 4.71. The molecule has 0 radical (unpaired) electrons.